The van der Waals surface area contributed by atoms with Crippen LogP contribution >= 0.6 is 11.3 Å². The van der Waals surface area contributed by atoms with Crippen LogP contribution in [0.5, 0.6) is 5.19 Å². The summed E-state index contributed by atoms with van der Waals surface area (Å²) >= 11 is 1.26. The number of aromatic nitrogens is 2. The van der Waals surface area contributed by atoms with Crippen molar-refractivity contribution in [2.75, 3.05) is 12.3 Å². The highest BCUT2D eigenvalue weighted by molar-refractivity contribution is 7.16. The minimum atomic E-state index is 0.139. The highest BCUT2D eigenvalue weighted by atomic mass is 32.1. The molecule has 0 aromatic carbocycles. The Kier molecular flexibility index (Phi) is 2.52. The topological polar surface area (TPSA) is 61.0 Å². The average molecular weight is 187 g/mol. The van der Waals surface area contributed by atoms with Crippen molar-refractivity contribution in [2.24, 2.45) is 5.41 Å². The molecule has 2 N–H and O–H groups in total. The molecule has 0 amide bonds. The van der Waals surface area contributed by atoms with Crippen LogP contribution in [0.2, 0.25) is 0 Å². The van der Waals surface area contributed by atoms with E-state index < -0.39 is 0 Å². The van der Waals surface area contributed by atoms with Crippen LogP contribution in [0, 0.1) is 5.41 Å². The molecule has 0 saturated heterocycles. The molecule has 0 aliphatic rings. The zero-order valence-electron chi connectivity index (χ0n) is 7.50. The number of nitrogen functional groups attached to an aromatic ring is 1. The van der Waals surface area contributed by atoms with E-state index in [1.165, 1.54) is 11.3 Å². The second-order valence-corrected chi connectivity index (χ2v) is 4.73. The molecule has 1 heterocycles. The second kappa shape index (κ2) is 3.26. The van der Waals surface area contributed by atoms with E-state index in [1.807, 2.05) is 0 Å². The Labute approximate surface area is 75.8 Å². The average Bonchev–Trinajstić information content (AvgIpc) is 2.30. The van der Waals surface area contributed by atoms with E-state index >= 15 is 0 Å². The van der Waals surface area contributed by atoms with Gasteiger partial charge < -0.3 is 10.5 Å². The minimum Gasteiger partial charge on any atom is -0.468 e. The van der Waals surface area contributed by atoms with Gasteiger partial charge in [-0.3, -0.25) is 0 Å². The lowest BCUT2D eigenvalue weighted by Gasteiger charge is -2.16. The standard InChI is InChI=1S/C7H13N3OS/c1-7(2,3)4-11-6-10-9-5(8)12-6/h4H2,1-3H3,(H2,8,9). The zero-order chi connectivity index (χ0) is 9.19. The van der Waals surface area contributed by atoms with E-state index in [0.717, 1.165) is 0 Å². The molecule has 0 spiro atoms. The van der Waals surface area contributed by atoms with Gasteiger partial charge in [0.25, 0.3) is 5.19 Å². The number of hydrogen-bond acceptors (Lipinski definition) is 5. The van der Waals surface area contributed by atoms with Crippen LogP contribution < -0.4 is 10.5 Å². The van der Waals surface area contributed by atoms with Crippen molar-refractivity contribution >= 4 is 16.5 Å². The van der Waals surface area contributed by atoms with Crippen LogP contribution in [0.25, 0.3) is 0 Å². The molecular weight excluding hydrogens is 174 g/mol. The fourth-order valence-electron chi connectivity index (χ4n) is 0.557. The largest absolute Gasteiger partial charge is 0.468 e. The third-order valence-electron chi connectivity index (χ3n) is 1.05. The van der Waals surface area contributed by atoms with Gasteiger partial charge in [0, 0.05) is 0 Å². The Balaban J connectivity index is 2.44. The van der Waals surface area contributed by atoms with Gasteiger partial charge in [0.15, 0.2) is 0 Å². The quantitative estimate of drug-likeness (QED) is 0.763. The Morgan fingerprint density at radius 3 is 2.50 bits per heavy atom. The van der Waals surface area contributed by atoms with E-state index in [0.29, 0.717) is 16.9 Å². The third-order valence-corrected chi connectivity index (χ3v) is 1.72. The maximum Gasteiger partial charge on any atom is 0.295 e. The monoisotopic (exact) mass is 187 g/mol. The predicted molar refractivity (Wildman–Crippen MR) is 49.3 cm³/mol. The first-order chi connectivity index (χ1) is 5.47. The highest BCUT2D eigenvalue weighted by Gasteiger charge is 2.12. The summed E-state index contributed by atoms with van der Waals surface area (Å²) in [5.74, 6) is 0. The van der Waals surface area contributed by atoms with Crippen LogP contribution in [0.1, 0.15) is 20.8 Å². The van der Waals surface area contributed by atoms with Crippen molar-refractivity contribution in [3.05, 3.63) is 0 Å². The van der Waals surface area contributed by atoms with Crippen LogP contribution in [0.3, 0.4) is 0 Å². The normalized spacial score (nSPS) is 11.6. The summed E-state index contributed by atoms with van der Waals surface area (Å²) in [6.45, 7) is 6.91. The molecule has 0 unspecified atom stereocenters. The predicted octanol–water partition coefficient (Wildman–Crippen LogP) is 1.55. The van der Waals surface area contributed by atoms with Gasteiger partial charge in [0.2, 0.25) is 5.13 Å². The Morgan fingerprint density at radius 1 is 1.42 bits per heavy atom. The molecule has 68 valence electrons. The molecular formula is C7H13N3OS. The molecule has 4 nitrogen and oxygen atoms in total. The molecule has 1 rings (SSSR count). The molecule has 1 aromatic rings. The molecule has 0 aliphatic carbocycles. The molecule has 12 heavy (non-hydrogen) atoms. The molecule has 1 aromatic heterocycles. The maximum atomic E-state index is 5.38. The fraction of sp³-hybridized carbons (Fsp3) is 0.714. The van der Waals surface area contributed by atoms with E-state index in [-0.39, 0.29) is 5.41 Å². The van der Waals surface area contributed by atoms with Crippen LogP contribution in [0.4, 0.5) is 5.13 Å². The fourth-order valence-corrected chi connectivity index (χ4v) is 1.02. The summed E-state index contributed by atoms with van der Waals surface area (Å²) in [5, 5.41) is 8.37. The summed E-state index contributed by atoms with van der Waals surface area (Å²) in [6, 6.07) is 0. The van der Waals surface area contributed by atoms with Gasteiger partial charge >= 0.3 is 0 Å². The van der Waals surface area contributed by atoms with Gasteiger partial charge in [-0.25, -0.2) is 0 Å². The maximum absolute atomic E-state index is 5.38. The second-order valence-electron chi connectivity index (χ2n) is 3.76. The van der Waals surface area contributed by atoms with Crippen LogP contribution in [0.15, 0.2) is 0 Å². The molecule has 0 saturated carbocycles. The molecule has 0 aliphatic heterocycles. The van der Waals surface area contributed by atoms with Crippen molar-refractivity contribution in [1.82, 2.24) is 10.2 Å². The van der Waals surface area contributed by atoms with Gasteiger partial charge in [-0.2, -0.15) is 0 Å². The first-order valence-electron chi connectivity index (χ1n) is 3.69. The van der Waals surface area contributed by atoms with Crippen LogP contribution in [-0.4, -0.2) is 16.8 Å². The van der Waals surface area contributed by atoms with Gasteiger partial charge in [0.05, 0.1) is 6.61 Å². The molecule has 0 fully saturated rings. The smallest absolute Gasteiger partial charge is 0.295 e. The van der Waals surface area contributed by atoms with E-state index in [9.17, 15) is 0 Å². The number of ether oxygens (including phenoxy) is 1. The van der Waals surface area contributed by atoms with Gasteiger partial charge in [-0.05, 0) is 16.8 Å². The van der Waals surface area contributed by atoms with Crippen molar-refractivity contribution in [2.45, 2.75) is 20.8 Å². The summed E-state index contributed by atoms with van der Waals surface area (Å²) < 4.78 is 5.36. The molecule has 0 radical (unpaired) electrons. The Hall–Kier alpha value is -0.840. The van der Waals surface area contributed by atoms with Gasteiger partial charge in [0.1, 0.15) is 0 Å². The number of anilines is 1. The van der Waals surface area contributed by atoms with Crippen molar-refractivity contribution in [1.29, 1.82) is 0 Å². The van der Waals surface area contributed by atoms with E-state index in [2.05, 4.69) is 31.0 Å². The highest BCUT2D eigenvalue weighted by Crippen LogP contribution is 2.22. The van der Waals surface area contributed by atoms with Crippen molar-refractivity contribution in [3.63, 3.8) is 0 Å². The SMILES string of the molecule is CC(C)(C)COc1nnc(N)s1. The van der Waals surface area contributed by atoms with Gasteiger partial charge in [-0.1, -0.05) is 25.9 Å². The first kappa shape index (κ1) is 9.25. The van der Waals surface area contributed by atoms with Gasteiger partial charge in [-0.15, -0.1) is 5.10 Å². The zero-order valence-corrected chi connectivity index (χ0v) is 8.31. The summed E-state index contributed by atoms with van der Waals surface area (Å²) in [7, 11) is 0. The van der Waals surface area contributed by atoms with E-state index in [1.54, 1.807) is 0 Å². The number of nitrogens with zero attached hydrogens (tertiary/aromatic N) is 2. The molecule has 0 bridgehead atoms. The number of hydrogen-bond donors (Lipinski definition) is 1. The lowest BCUT2D eigenvalue weighted by Crippen LogP contribution is -2.16. The number of rotatable bonds is 2. The molecule has 5 heteroatoms. The van der Waals surface area contributed by atoms with Crippen molar-refractivity contribution in [3.8, 4) is 5.19 Å². The van der Waals surface area contributed by atoms with Crippen LogP contribution in [-0.2, 0) is 0 Å². The lowest BCUT2D eigenvalue weighted by molar-refractivity contribution is 0.196. The third kappa shape index (κ3) is 3.04. The Morgan fingerprint density at radius 2 is 2.08 bits per heavy atom. The Bertz CT molecular complexity index is 253. The van der Waals surface area contributed by atoms with Crippen molar-refractivity contribution < 1.29 is 4.74 Å². The summed E-state index contributed by atoms with van der Waals surface area (Å²) in [4.78, 5) is 0. The number of nitrogens with two attached hydrogens (primary N) is 1. The van der Waals surface area contributed by atoms with E-state index in [4.69, 9.17) is 10.5 Å². The summed E-state index contributed by atoms with van der Waals surface area (Å²) in [5.41, 5.74) is 5.52. The summed E-state index contributed by atoms with van der Waals surface area (Å²) in [6.07, 6.45) is 0. The lowest BCUT2D eigenvalue weighted by atomic mass is 9.99. The first-order valence-corrected chi connectivity index (χ1v) is 4.51. The molecule has 0 atom stereocenters. The minimum absolute atomic E-state index is 0.139.